The molecule has 0 aliphatic carbocycles. The lowest BCUT2D eigenvalue weighted by Crippen LogP contribution is -2.30. The van der Waals surface area contributed by atoms with Crippen molar-refractivity contribution < 1.29 is 19.1 Å². The van der Waals surface area contributed by atoms with Crippen LogP contribution in [0.4, 0.5) is 5.69 Å². The van der Waals surface area contributed by atoms with Gasteiger partial charge in [-0.3, -0.25) is 9.59 Å². The third kappa shape index (κ3) is 6.48. The third-order valence-corrected chi connectivity index (χ3v) is 5.21. The van der Waals surface area contributed by atoms with E-state index in [-0.39, 0.29) is 6.42 Å². The van der Waals surface area contributed by atoms with E-state index in [9.17, 15) is 9.59 Å². The van der Waals surface area contributed by atoms with Gasteiger partial charge in [0.1, 0.15) is 5.75 Å². The molecule has 5 nitrogen and oxygen atoms in total. The predicted molar refractivity (Wildman–Crippen MR) is 109 cm³/mol. The minimum absolute atomic E-state index is 0.182. The molecule has 7 heteroatoms. The first-order valence-corrected chi connectivity index (χ1v) is 9.79. The number of rotatable bonds is 8. The maximum absolute atomic E-state index is 12.3. The van der Waals surface area contributed by atoms with Gasteiger partial charge in [-0.2, -0.15) is 0 Å². The van der Waals surface area contributed by atoms with E-state index in [1.54, 1.807) is 18.2 Å². The molecule has 1 atom stereocenters. The summed E-state index contributed by atoms with van der Waals surface area (Å²) >= 11 is 7.55. The zero-order chi connectivity index (χ0) is 19.8. The number of ether oxygens (including phenoxy) is 2. The van der Waals surface area contributed by atoms with Crippen molar-refractivity contribution in [1.82, 2.24) is 0 Å². The molecule has 0 bridgehead atoms. The molecule has 1 amide bonds. The zero-order valence-corrected chi connectivity index (χ0v) is 17.0. The van der Waals surface area contributed by atoms with Gasteiger partial charge in [0, 0.05) is 10.6 Å². The number of thioether (sulfide) groups is 1. The Balaban J connectivity index is 1.82. The van der Waals surface area contributed by atoms with Crippen LogP contribution in [-0.4, -0.2) is 30.8 Å². The summed E-state index contributed by atoms with van der Waals surface area (Å²) in [5, 5.41) is 3.38. The van der Waals surface area contributed by atoms with Crippen molar-refractivity contribution in [2.75, 3.05) is 18.2 Å². The molecule has 0 aromatic heterocycles. The zero-order valence-electron chi connectivity index (χ0n) is 15.5. The number of nitrogens with one attached hydrogen (secondary N) is 1. The SMILES string of the molecule is COc1ccc(C)cc1NC(=O)C(C)OC(=O)CCSc1ccccc1Cl. The summed E-state index contributed by atoms with van der Waals surface area (Å²) in [7, 11) is 1.53. The van der Waals surface area contributed by atoms with Gasteiger partial charge in [0.25, 0.3) is 5.91 Å². The highest BCUT2D eigenvalue weighted by molar-refractivity contribution is 7.99. The van der Waals surface area contributed by atoms with Gasteiger partial charge in [-0.25, -0.2) is 0 Å². The van der Waals surface area contributed by atoms with Gasteiger partial charge < -0.3 is 14.8 Å². The van der Waals surface area contributed by atoms with E-state index >= 15 is 0 Å². The second kappa shape index (κ2) is 10.2. The minimum atomic E-state index is -0.909. The number of amides is 1. The Hall–Kier alpha value is -2.18. The van der Waals surface area contributed by atoms with Crippen LogP contribution in [0.3, 0.4) is 0 Å². The van der Waals surface area contributed by atoms with Crippen LogP contribution in [-0.2, 0) is 14.3 Å². The van der Waals surface area contributed by atoms with Gasteiger partial charge in [-0.15, -0.1) is 11.8 Å². The number of benzene rings is 2. The van der Waals surface area contributed by atoms with Crippen molar-refractivity contribution in [2.45, 2.75) is 31.3 Å². The van der Waals surface area contributed by atoms with Gasteiger partial charge >= 0.3 is 5.97 Å². The van der Waals surface area contributed by atoms with Crippen molar-refractivity contribution in [3.63, 3.8) is 0 Å². The topological polar surface area (TPSA) is 64.6 Å². The van der Waals surface area contributed by atoms with Crippen LogP contribution in [0.2, 0.25) is 5.02 Å². The molecule has 0 aliphatic rings. The molecule has 0 spiro atoms. The summed E-state index contributed by atoms with van der Waals surface area (Å²) < 4.78 is 10.4. The molecule has 1 unspecified atom stereocenters. The number of hydrogen-bond donors (Lipinski definition) is 1. The van der Waals surface area contributed by atoms with Crippen LogP contribution in [0.25, 0.3) is 0 Å². The van der Waals surface area contributed by atoms with Crippen molar-refractivity contribution in [3.8, 4) is 5.75 Å². The lowest BCUT2D eigenvalue weighted by atomic mass is 10.2. The van der Waals surface area contributed by atoms with Gasteiger partial charge in [-0.05, 0) is 43.7 Å². The van der Waals surface area contributed by atoms with E-state index in [4.69, 9.17) is 21.1 Å². The molecule has 0 radical (unpaired) electrons. The summed E-state index contributed by atoms with van der Waals surface area (Å²) in [5.74, 6) is 0.214. The molecule has 0 fully saturated rings. The second-order valence-electron chi connectivity index (χ2n) is 5.85. The summed E-state index contributed by atoms with van der Waals surface area (Å²) in [6.07, 6.45) is -0.727. The Kier molecular flexibility index (Phi) is 8.00. The van der Waals surface area contributed by atoms with Crippen LogP contribution in [0, 0.1) is 6.92 Å². The third-order valence-electron chi connectivity index (χ3n) is 3.69. The molecule has 0 aliphatic heterocycles. The molecular weight excluding hydrogens is 386 g/mol. The van der Waals surface area contributed by atoms with E-state index in [1.807, 2.05) is 31.2 Å². The molecule has 0 saturated carbocycles. The minimum Gasteiger partial charge on any atom is -0.495 e. The second-order valence-corrected chi connectivity index (χ2v) is 7.40. The Morgan fingerprint density at radius 3 is 2.67 bits per heavy atom. The molecule has 144 valence electrons. The lowest BCUT2D eigenvalue weighted by molar-refractivity contribution is -0.152. The number of hydrogen-bond acceptors (Lipinski definition) is 5. The molecule has 0 heterocycles. The quantitative estimate of drug-likeness (QED) is 0.507. The highest BCUT2D eigenvalue weighted by Crippen LogP contribution is 2.27. The summed E-state index contributed by atoms with van der Waals surface area (Å²) in [5.41, 5.74) is 1.52. The van der Waals surface area contributed by atoms with E-state index in [0.717, 1.165) is 10.5 Å². The number of halogens is 1. The maximum atomic E-state index is 12.3. The summed E-state index contributed by atoms with van der Waals surface area (Å²) in [6.45, 7) is 3.45. The number of anilines is 1. The Morgan fingerprint density at radius 1 is 1.22 bits per heavy atom. The average Bonchev–Trinajstić information content (AvgIpc) is 2.63. The standard InChI is InChI=1S/C20H22ClNO4S/c1-13-8-9-17(25-3)16(12-13)22-20(24)14(2)26-19(23)10-11-27-18-7-5-4-6-15(18)21/h4-9,12,14H,10-11H2,1-3H3,(H,22,24). The van der Waals surface area contributed by atoms with Crippen molar-refractivity contribution in [1.29, 1.82) is 0 Å². The number of esters is 1. The maximum Gasteiger partial charge on any atom is 0.307 e. The molecule has 27 heavy (non-hydrogen) atoms. The normalized spacial score (nSPS) is 11.6. The van der Waals surface area contributed by atoms with Crippen LogP contribution in [0.1, 0.15) is 18.9 Å². The highest BCUT2D eigenvalue weighted by Gasteiger charge is 2.19. The largest absolute Gasteiger partial charge is 0.495 e. The van der Waals surface area contributed by atoms with Crippen molar-refractivity contribution in [3.05, 3.63) is 53.1 Å². The molecule has 0 saturated heterocycles. The van der Waals surface area contributed by atoms with Crippen LogP contribution in [0.15, 0.2) is 47.4 Å². The van der Waals surface area contributed by atoms with Gasteiger partial charge in [0.15, 0.2) is 6.10 Å². The molecule has 2 rings (SSSR count). The fourth-order valence-electron chi connectivity index (χ4n) is 2.27. The van der Waals surface area contributed by atoms with E-state index in [0.29, 0.717) is 22.2 Å². The van der Waals surface area contributed by atoms with Crippen LogP contribution in [0.5, 0.6) is 5.75 Å². The number of carbonyl (C=O) groups excluding carboxylic acids is 2. The molecular formula is C20H22ClNO4S. The first-order valence-electron chi connectivity index (χ1n) is 8.43. The first-order chi connectivity index (χ1) is 12.9. The van der Waals surface area contributed by atoms with E-state index in [1.165, 1.54) is 25.8 Å². The molecule has 2 aromatic rings. The Bertz CT molecular complexity index is 812. The van der Waals surface area contributed by atoms with Gasteiger partial charge in [0.2, 0.25) is 0 Å². The van der Waals surface area contributed by atoms with Crippen LogP contribution >= 0.6 is 23.4 Å². The number of carbonyl (C=O) groups is 2. The molecule has 1 N–H and O–H groups in total. The Labute approximate surface area is 168 Å². The fourth-order valence-corrected chi connectivity index (χ4v) is 3.44. The molecule has 2 aromatic carbocycles. The van der Waals surface area contributed by atoms with E-state index in [2.05, 4.69) is 5.32 Å². The monoisotopic (exact) mass is 407 g/mol. The first kappa shape index (κ1) is 21.1. The number of aryl methyl sites for hydroxylation is 1. The number of methoxy groups -OCH3 is 1. The predicted octanol–water partition coefficient (Wildman–Crippen LogP) is 4.71. The van der Waals surface area contributed by atoms with Gasteiger partial charge in [-0.1, -0.05) is 29.8 Å². The summed E-state index contributed by atoms with van der Waals surface area (Å²) in [4.78, 5) is 25.2. The van der Waals surface area contributed by atoms with Crippen molar-refractivity contribution in [2.24, 2.45) is 0 Å². The van der Waals surface area contributed by atoms with Crippen molar-refractivity contribution >= 4 is 40.9 Å². The smallest absolute Gasteiger partial charge is 0.307 e. The highest BCUT2D eigenvalue weighted by atomic mass is 35.5. The lowest BCUT2D eigenvalue weighted by Gasteiger charge is -2.15. The average molecular weight is 408 g/mol. The fraction of sp³-hybridized carbons (Fsp3) is 0.300. The summed E-state index contributed by atoms with van der Waals surface area (Å²) in [6, 6.07) is 12.9. The van der Waals surface area contributed by atoms with Crippen LogP contribution < -0.4 is 10.1 Å². The van der Waals surface area contributed by atoms with Gasteiger partial charge in [0.05, 0.1) is 24.2 Å². The Morgan fingerprint density at radius 2 is 1.96 bits per heavy atom. The van der Waals surface area contributed by atoms with E-state index < -0.39 is 18.0 Å².